The molecule has 174 valence electrons. The molecule has 0 aliphatic carbocycles. The van der Waals surface area contributed by atoms with Crippen LogP contribution in [0.1, 0.15) is 34.8 Å². The zero-order valence-corrected chi connectivity index (χ0v) is 17.9. The molecule has 1 saturated heterocycles. The summed E-state index contributed by atoms with van der Waals surface area (Å²) in [5, 5.41) is 6.22. The first-order valence-electron chi connectivity index (χ1n) is 10.8. The topological polar surface area (TPSA) is 63.5 Å². The third kappa shape index (κ3) is 5.76. The van der Waals surface area contributed by atoms with Crippen LogP contribution in [0.5, 0.6) is 5.75 Å². The number of hydrogen-bond donors (Lipinski definition) is 2. The highest BCUT2D eigenvalue weighted by Crippen LogP contribution is 2.36. The van der Waals surface area contributed by atoms with E-state index in [1.54, 1.807) is 12.3 Å². The zero-order chi connectivity index (χ0) is 23.3. The van der Waals surface area contributed by atoms with Crippen LogP contribution in [0.15, 0.2) is 71.3 Å². The summed E-state index contributed by atoms with van der Waals surface area (Å²) in [6.45, 7) is 1.75. The third-order valence-corrected chi connectivity index (χ3v) is 5.83. The highest BCUT2D eigenvalue weighted by atomic mass is 19.4. The molecule has 0 bridgehead atoms. The van der Waals surface area contributed by atoms with E-state index in [4.69, 9.17) is 9.15 Å². The van der Waals surface area contributed by atoms with Crippen LogP contribution in [0.2, 0.25) is 0 Å². The van der Waals surface area contributed by atoms with E-state index in [0.29, 0.717) is 18.8 Å². The van der Waals surface area contributed by atoms with Crippen molar-refractivity contribution in [3.05, 3.63) is 89.4 Å². The molecule has 0 spiro atoms. The maximum atomic E-state index is 13.1. The number of alkyl halides is 3. The molecular weight excluding hydrogens is 433 g/mol. The second-order valence-electron chi connectivity index (χ2n) is 8.03. The van der Waals surface area contributed by atoms with Crippen LogP contribution in [-0.4, -0.2) is 19.0 Å². The summed E-state index contributed by atoms with van der Waals surface area (Å²) in [6.07, 6.45) is -2.09. The molecule has 4 rings (SSSR count). The average Bonchev–Trinajstić information content (AvgIpc) is 3.35. The minimum absolute atomic E-state index is 0.0205. The average molecular weight is 458 g/mol. The fraction of sp³-hybridized carbons (Fsp3) is 0.320. The lowest BCUT2D eigenvalue weighted by molar-refractivity contribution is -0.139. The van der Waals surface area contributed by atoms with Gasteiger partial charge in [-0.1, -0.05) is 36.4 Å². The summed E-state index contributed by atoms with van der Waals surface area (Å²) < 4.78 is 50.2. The predicted octanol–water partition coefficient (Wildman–Crippen LogP) is 4.89. The summed E-state index contributed by atoms with van der Waals surface area (Å²) in [7, 11) is 0. The van der Waals surface area contributed by atoms with Gasteiger partial charge in [0.15, 0.2) is 0 Å². The molecule has 2 aromatic carbocycles. The molecule has 5 nitrogen and oxygen atoms in total. The lowest BCUT2D eigenvalue weighted by Gasteiger charge is -2.31. The summed E-state index contributed by atoms with van der Waals surface area (Å²) >= 11 is 0. The first-order valence-corrected chi connectivity index (χ1v) is 10.8. The molecule has 3 aromatic rings. The fourth-order valence-corrected chi connectivity index (χ4v) is 4.10. The quantitative estimate of drug-likeness (QED) is 0.529. The van der Waals surface area contributed by atoms with E-state index in [-0.39, 0.29) is 30.1 Å². The molecule has 1 aliphatic heterocycles. The fourth-order valence-electron chi connectivity index (χ4n) is 4.10. The van der Waals surface area contributed by atoms with Gasteiger partial charge in [0.2, 0.25) is 5.91 Å². The molecule has 0 saturated carbocycles. The summed E-state index contributed by atoms with van der Waals surface area (Å²) in [6, 6.07) is 16.3. The molecule has 2 unspecified atom stereocenters. The number of ether oxygens (including phenoxy) is 1. The Kier molecular flexibility index (Phi) is 7.03. The van der Waals surface area contributed by atoms with Crippen molar-refractivity contribution in [1.29, 1.82) is 0 Å². The van der Waals surface area contributed by atoms with Crippen molar-refractivity contribution in [2.45, 2.75) is 31.7 Å². The van der Waals surface area contributed by atoms with Gasteiger partial charge in [0.1, 0.15) is 18.1 Å². The number of hydrogen-bond acceptors (Lipinski definition) is 4. The van der Waals surface area contributed by atoms with E-state index in [1.807, 2.05) is 30.3 Å². The first kappa shape index (κ1) is 22.9. The van der Waals surface area contributed by atoms with Gasteiger partial charge in [-0.2, -0.15) is 13.2 Å². The van der Waals surface area contributed by atoms with E-state index in [0.717, 1.165) is 30.2 Å². The Balaban J connectivity index is 1.40. The molecule has 1 fully saturated rings. The van der Waals surface area contributed by atoms with E-state index in [2.05, 4.69) is 10.6 Å². The number of halogens is 3. The number of piperidine rings is 1. The van der Waals surface area contributed by atoms with Crippen LogP contribution in [0.4, 0.5) is 13.2 Å². The number of furan rings is 1. The second kappa shape index (κ2) is 10.1. The lowest BCUT2D eigenvalue weighted by Crippen LogP contribution is -2.44. The predicted molar refractivity (Wildman–Crippen MR) is 116 cm³/mol. The van der Waals surface area contributed by atoms with Crippen molar-refractivity contribution in [3.63, 3.8) is 0 Å². The highest BCUT2D eigenvalue weighted by molar-refractivity contribution is 5.80. The van der Waals surface area contributed by atoms with Gasteiger partial charge in [-0.15, -0.1) is 0 Å². The summed E-state index contributed by atoms with van der Waals surface area (Å²) in [5.41, 5.74) is 0.984. The molecular formula is C25H25F3N2O3. The minimum Gasteiger partial charge on any atom is -0.488 e. The standard InChI is InChI=1S/C25H25F3N2O3/c26-25(27,28)22-5-1-2-6-23(22)33-16-17-7-9-18(10-8-17)20-11-12-29-15-21(20)24(31)30-14-19-4-3-13-32-19/h1-10,13,20-21,29H,11-12,14-16H2,(H,30,31). The van der Waals surface area contributed by atoms with E-state index in [1.165, 1.54) is 18.2 Å². The minimum atomic E-state index is -4.47. The Morgan fingerprint density at radius 2 is 1.88 bits per heavy atom. The van der Waals surface area contributed by atoms with Gasteiger partial charge < -0.3 is 19.8 Å². The van der Waals surface area contributed by atoms with Crippen molar-refractivity contribution in [3.8, 4) is 5.75 Å². The van der Waals surface area contributed by atoms with E-state index < -0.39 is 11.7 Å². The molecule has 33 heavy (non-hydrogen) atoms. The maximum Gasteiger partial charge on any atom is 0.419 e. The van der Waals surface area contributed by atoms with Gasteiger partial charge in [-0.25, -0.2) is 0 Å². The number of carbonyl (C=O) groups excluding carboxylic acids is 1. The summed E-state index contributed by atoms with van der Waals surface area (Å²) in [4.78, 5) is 12.8. The summed E-state index contributed by atoms with van der Waals surface area (Å²) in [5.74, 6) is 0.277. The van der Waals surface area contributed by atoms with Gasteiger partial charge in [0.05, 0.1) is 24.3 Å². The molecule has 1 aromatic heterocycles. The molecule has 2 atom stereocenters. The van der Waals surface area contributed by atoms with Crippen molar-refractivity contribution < 1.29 is 27.1 Å². The maximum absolute atomic E-state index is 13.1. The third-order valence-electron chi connectivity index (χ3n) is 5.83. The normalized spacial score (nSPS) is 18.6. The van der Waals surface area contributed by atoms with Crippen LogP contribution < -0.4 is 15.4 Å². The molecule has 1 amide bonds. The van der Waals surface area contributed by atoms with Gasteiger partial charge in [-0.3, -0.25) is 4.79 Å². The molecule has 8 heteroatoms. The van der Waals surface area contributed by atoms with Crippen molar-refractivity contribution in [1.82, 2.24) is 10.6 Å². The van der Waals surface area contributed by atoms with Gasteiger partial charge in [0, 0.05) is 6.54 Å². The number of rotatable bonds is 7. The number of para-hydroxylation sites is 1. The Morgan fingerprint density at radius 1 is 1.09 bits per heavy atom. The Labute approximate surface area is 189 Å². The number of carbonyl (C=O) groups is 1. The number of benzene rings is 2. The lowest BCUT2D eigenvalue weighted by atomic mass is 9.80. The Hall–Kier alpha value is -3.26. The molecule has 2 heterocycles. The second-order valence-corrected chi connectivity index (χ2v) is 8.03. The SMILES string of the molecule is O=C(NCc1ccco1)C1CNCCC1c1ccc(COc2ccccc2C(F)(F)F)cc1. The van der Waals surface area contributed by atoms with Gasteiger partial charge >= 0.3 is 6.18 Å². The van der Waals surface area contributed by atoms with Crippen molar-refractivity contribution in [2.24, 2.45) is 5.92 Å². The Morgan fingerprint density at radius 3 is 2.61 bits per heavy atom. The zero-order valence-electron chi connectivity index (χ0n) is 17.9. The van der Waals surface area contributed by atoms with Crippen LogP contribution in [0.3, 0.4) is 0 Å². The van der Waals surface area contributed by atoms with Crippen LogP contribution >= 0.6 is 0 Å². The van der Waals surface area contributed by atoms with Crippen LogP contribution in [-0.2, 0) is 24.1 Å². The molecule has 2 N–H and O–H groups in total. The molecule has 1 aliphatic rings. The van der Waals surface area contributed by atoms with Crippen LogP contribution in [0.25, 0.3) is 0 Å². The van der Waals surface area contributed by atoms with E-state index >= 15 is 0 Å². The van der Waals surface area contributed by atoms with Crippen LogP contribution in [0, 0.1) is 5.92 Å². The van der Waals surface area contributed by atoms with Gasteiger partial charge in [-0.05, 0) is 54.3 Å². The largest absolute Gasteiger partial charge is 0.488 e. The van der Waals surface area contributed by atoms with Gasteiger partial charge in [0.25, 0.3) is 0 Å². The highest BCUT2D eigenvalue weighted by Gasteiger charge is 2.34. The van der Waals surface area contributed by atoms with Crippen molar-refractivity contribution >= 4 is 5.91 Å². The van der Waals surface area contributed by atoms with E-state index in [9.17, 15) is 18.0 Å². The van der Waals surface area contributed by atoms with Crippen molar-refractivity contribution in [2.75, 3.05) is 13.1 Å². The smallest absolute Gasteiger partial charge is 0.419 e. The first-order chi connectivity index (χ1) is 15.9. The molecule has 0 radical (unpaired) electrons. The number of nitrogens with one attached hydrogen (secondary N) is 2. The number of amides is 1. The Bertz CT molecular complexity index is 1050. The monoisotopic (exact) mass is 458 g/mol.